The maximum absolute atomic E-state index is 5.73. The molecule has 0 fully saturated rings. The number of nitrogens with two attached hydrogens (primary N) is 1. The van der Waals surface area contributed by atoms with Gasteiger partial charge in [0.25, 0.3) is 0 Å². The monoisotopic (exact) mass is 238 g/mol. The predicted molar refractivity (Wildman–Crippen MR) is 53.5 cm³/mol. The molecule has 1 aromatic heterocycles. The van der Waals surface area contributed by atoms with Crippen molar-refractivity contribution in [1.29, 1.82) is 0 Å². The summed E-state index contributed by atoms with van der Waals surface area (Å²) in [6.07, 6.45) is 3.26. The van der Waals surface area contributed by atoms with Gasteiger partial charge in [0.05, 0.1) is 5.69 Å². The first-order chi connectivity index (χ1) is 6.27. The van der Waals surface area contributed by atoms with Gasteiger partial charge in [-0.05, 0) is 34.1 Å². The molecule has 13 heavy (non-hydrogen) atoms. The van der Waals surface area contributed by atoms with E-state index in [9.17, 15) is 0 Å². The lowest BCUT2D eigenvalue weighted by atomic mass is 10.3. The Kier molecular flexibility index (Phi) is 2.02. The molecule has 0 aliphatic rings. The van der Waals surface area contributed by atoms with E-state index in [1.807, 2.05) is 18.2 Å². The summed E-state index contributed by atoms with van der Waals surface area (Å²) >= 11 is 3.33. The van der Waals surface area contributed by atoms with E-state index in [1.165, 1.54) is 0 Å². The van der Waals surface area contributed by atoms with Gasteiger partial charge in [0.1, 0.15) is 12.7 Å². The fraction of sp³-hybridized carbons (Fsp3) is 0. The minimum absolute atomic E-state index is 0.700. The zero-order valence-corrected chi connectivity index (χ0v) is 8.27. The van der Waals surface area contributed by atoms with Crippen LogP contribution in [0.5, 0.6) is 0 Å². The average molecular weight is 239 g/mol. The molecule has 2 aromatic rings. The zero-order chi connectivity index (χ0) is 9.26. The molecule has 0 bridgehead atoms. The van der Waals surface area contributed by atoms with E-state index in [1.54, 1.807) is 17.2 Å². The molecule has 1 aromatic carbocycles. The van der Waals surface area contributed by atoms with E-state index in [2.05, 4.69) is 26.1 Å². The highest BCUT2D eigenvalue weighted by Crippen LogP contribution is 2.21. The van der Waals surface area contributed by atoms with Gasteiger partial charge in [0, 0.05) is 10.2 Å². The molecular formula is C8H7BrN4. The molecule has 1 heterocycles. The van der Waals surface area contributed by atoms with Crippen LogP contribution >= 0.6 is 15.9 Å². The van der Waals surface area contributed by atoms with Gasteiger partial charge in [0.15, 0.2) is 0 Å². The number of hydrogen-bond donors (Lipinski definition) is 1. The largest absolute Gasteiger partial charge is 0.398 e. The van der Waals surface area contributed by atoms with Gasteiger partial charge in [-0.15, -0.1) is 10.2 Å². The maximum atomic E-state index is 5.73. The van der Waals surface area contributed by atoms with Crippen molar-refractivity contribution in [3.63, 3.8) is 0 Å². The van der Waals surface area contributed by atoms with E-state index in [4.69, 9.17) is 5.73 Å². The molecule has 0 amide bonds. The molecular weight excluding hydrogens is 232 g/mol. The second-order valence-electron chi connectivity index (χ2n) is 2.57. The van der Waals surface area contributed by atoms with E-state index >= 15 is 0 Å². The summed E-state index contributed by atoms with van der Waals surface area (Å²) in [5.74, 6) is 0. The van der Waals surface area contributed by atoms with Gasteiger partial charge < -0.3 is 5.73 Å². The molecule has 5 heteroatoms. The second kappa shape index (κ2) is 3.18. The van der Waals surface area contributed by atoms with Gasteiger partial charge in [-0.1, -0.05) is 0 Å². The molecule has 2 N–H and O–H groups in total. The van der Waals surface area contributed by atoms with E-state index in [0.29, 0.717) is 5.69 Å². The van der Waals surface area contributed by atoms with Gasteiger partial charge >= 0.3 is 0 Å². The van der Waals surface area contributed by atoms with Crippen molar-refractivity contribution < 1.29 is 0 Å². The molecule has 0 radical (unpaired) electrons. The third kappa shape index (κ3) is 1.55. The lowest BCUT2D eigenvalue weighted by Gasteiger charge is -2.03. The smallest absolute Gasteiger partial charge is 0.123 e. The first-order valence-electron chi connectivity index (χ1n) is 3.67. The fourth-order valence-corrected chi connectivity index (χ4v) is 1.27. The molecule has 4 nitrogen and oxygen atoms in total. The number of nitrogens with zero attached hydrogens (tertiary/aromatic N) is 3. The average Bonchev–Trinajstić information content (AvgIpc) is 2.62. The maximum Gasteiger partial charge on any atom is 0.123 e. The third-order valence-corrected chi connectivity index (χ3v) is 2.42. The van der Waals surface area contributed by atoms with Crippen LogP contribution in [0.2, 0.25) is 0 Å². The molecule has 0 saturated carbocycles. The fourth-order valence-electron chi connectivity index (χ4n) is 1.03. The van der Waals surface area contributed by atoms with Crippen LogP contribution in [0.1, 0.15) is 0 Å². The Morgan fingerprint density at radius 3 is 2.54 bits per heavy atom. The number of benzene rings is 1. The van der Waals surface area contributed by atoms with Crippen LogP contribution in [0.25, 0.3) is 5.69 Å². The Bertz CT molecular complexity index is 410. The van der Waals surface area contributed by atoms with Gasteiger partial charge in [0.2, 0.25) is 0 Å². The number of aromatic nitrogens is 3. The number of rotatable bonds is 1. The Balaban J connectivity index is 2.49. The van der Waals surface area contributed by atoms with Crippen molar-refractivity contribution in [2.45, 2.75) is 0 Å². The summed E-state index contributed by atoms with van der Waals surface area (Å²) < 4.78 is 2.69. The number of anilines is 1. The quantitative estimate of drug-likeness (QED) is 0.769. The van der Waals surface area contributed by atoms with Gasteiger partial charge in [-0.3, -0.25) is 4.57 Å². The summed E-state index contributed by atoms with van der Waals surface area (Å²) in [6, 6.07) is 5.68. The van der Waals surface area contributed by atoms with Crippen LogP contribution in [0.4, 0.5) is 5.69 Å². The van der Waals surface area contributed by atoms with Crippen LogP contribution in [0, 0.1) is 0 Å². The van der Waals surface area contributed by atoms with E-state index in [-0.39, 0.29) is 0 Å². The molecule has 0 saturated heterocycles. The topological polar surface area (TPSA) is 56.7 Å². The van der Waals surface area contributed by atoms with Gasteiger partial charge in [-0.25, -0.2) is 0 Å². The van der Waals surface area contributed by atoms with Gasteiger partial charge in [-0.2, -0.15) is 0 Å². The first kappa shape index (κ1) is 8.25. The second-order valence-corrected chi connectivity index (χ2v) is 3.43. The minimum atomic E-state index is 0.700. The molecule has 2 rings (SSSR count). The number of nitrogen functional groups attached to an aromatic ring is 1. The van der Waals surface area contributed by atoms with Crippen molar-refractivity contribution in [3.05, 3.63) is 35.3 Å². The molecule has 66 valence electrons. The van der Waals surface area contributed by atoms with Crippen LogP contribution < -0.4 is 5.73 Å². The molecule has 0 atom stereocenters. The van der Waals surface area contributed by atoms with E-state index in [0.717, 1.165) is 10.2 Å². The Morgan fingerprint density at radius 2 is 1.92 bits per heavy atom. The van der Waals surface area contributed by atoms with Crippen molar-refractivity contribution in [2.75, 3.05) is 5.73 Å². The summed E-state index contributed by atoms with van der Waals surface area (Å²) in [6.45, 7) is 0. The van der Waals surface area contributed by atoms with Crippen molar-refractivity contribution >= 4 is 21.6 Å². The molecule has 0 spiro atoms. The predicted octanol–water partition coefficient (Wildman–Crippen LogP) is 1.61. The number of halogens is 1. The zero-order valence-electron chi connectivity index (χ0n) is 6.68. The highest BCUT2D eigenvalue weighted by molar-refractivity contribution is 9.10. The summed E-state index contributed by atoms with van der Waals surface area (Å²) in [7, 11) is 0. The highest BCUT2D eigenvalue weighted by Gasteiger charge is 1.99. The van der Waals surface area contributed by atoms with Crippen LogP contribution in [-0.2, 0) is 0 Å². The Morgan fingerprint density at radius 1 is 1.23 bits per heavy atom. The van der Waals surface area contributed by atoms with Crippen molar-refractivity contribution in [2.24, 2.45) is 0 Å². The molecule has 0 unspecified atom stereocenters. The molecule has 0 aliphatic heterocycles. The molecule has 0 aliphatic carbocycles. The lowest BCUT2D eigenvalue weighted by Crippen LogP contribution is -1.93. The lowest BCUT2D eigenvalue weighted by molar-refractivity contribution is 1.06. The standard InChI is InChI=1S/C8H7BrN4/c9-7-2-1-6(3-8(7)10)13-4-11-12-5-13/h1-5H,10H2. The SMILES string of the molecule is Nc1cc(-n2cnnc2)ccc1Br. The van der Waals surface area contributed by atoms with Crippen LogP contribution in [0.3, 0.4) is 0 Å². The minimum Gasteiger partial charge on any atom is -0.398 e. The Labute approximate surface area is 83.5 Å². The normalized spacial score (nSPS) is 10.2. The highest BCUT2D eigenvalue weighted by atomic mass is 79.9. The Hall–Kier alpha value is -1.36. The third-order valence-electron chi connectivity index (χ3n) is 1.70. The van der Waals surface area contributed by atoms with Crippen LogP contribution in [0.15, 0.2) is 35.3 Å². The van der Waals surface area contributed by atoms with Crippen LogP contribution in [-0.4, -0.2) is 14.8 Å². The van der Waals surface area contributed by atoms with E-state index < -0.39 is 0 Å². The number of hydrogen-bond acceptors (Lipinski definition) is 3. The van der Waals surface area contributed by atoms with Crippen molar-refractivity contribution in [1.82, 2.24) is 14.8 Å². The first-order valence-corrected chi connectivity index (χ1v) is 4.47. The summed E-state index contributed by atoms with van der Waals surface area (Å²) in [4.78, 5) is 0. The summed E-state index contributed by atoms with van der Waals surface area (Å²) in [5.41, 5.74) is 7.38. The van der Waals surface area contributed by atoms with Crippen molar-refractivity contribution in [3.8, 4) is 5.69 Å². The summed E-state index contributed by atoms with van der Waals surface area (Å²) in [5, 5.41) is 7.42.